The van der Waals surface area contributed by atoms with E-state index >= 15 is 0 Å². The molecule has 2 N–H and O–H groups in total. The molecule has 0 spiro atoms. The lowest BCUT2D eigenvalue weighted by Gasteiger charge is -2.17. The third-order valence-corrected chi connectivity index (χ3v) is 2.29. The van der Waals surface area contributed by atoms with Crippen LogP contribution in [0.4, 0.5) is 17.6 Å². The standard InChI is InChI=1S/C12H15F4N/c1-11(2,3)17-7-8-4-5-10(13)9(6-8)12(14,15)16/h4-6,17H,7H2,1-3H3/p+1. The molecule has 0 aliphatic heterocycles. The molecule has 0 aliphatic carbocycles. The molecule has 17 heavy (non-hydrogen) atoms. The van der Waals surface area contributed by atoms with Crippen LogP contribution in [0.2, 0.25) is 0 Å². The fraction of sp³-hybridized carbons (Fsp3) is 0.500. The molecule has 0 heterocycles. The summed E-state index contributed by atoms with van der Waals surface area (Å²) in [6.07, 6.45) is -4.64. The van der Waals surface area contributed by atoms with E-state index < -0.39 is 17.6 Å². The lowest BCUT2D eigenvalue weighted by Crippen LogP contribution is -2.92. The molecule has 0 amide bonds. The maximum atomic E-state index is 13.0. The first kappa shape index (κ1) is 14.0. The lowest BCUT2D eigenvalue weighted by atomic mass is 10.1. The zero-order valence-electron chi connectivity index (χ0n) is 10.0. The predicted molar refractivity (Wildman–Crippen MR) is 56.8 cm³/mol. The predicted octanol–water partition coefficient (Wildman–Crippen LogP) is 2.71. The fourth-order valence-corrected chi connectivity index (χ4v) is 1.34. The average Bonchev–Trinajstić information content (AvgIpc) is 2.13. The zero-order chi connectivity index (χ0) is 13.3. The number of rotatable bonds is 2. The van der Waals surface area contributed by atoms with Crippen LogP contribution >= 0.6 is 0 Å². The van der Waals surface area contributed by atoms with Crippen molar-refractivity contribution in [3.63, 3.8) is 0 Å². The van der Waals surface area contributed by atoms with Crippen LogP contribution in [0, 0.1) is 5.82 Å². The minimum atomic E-state index is -4.64. The number of benzene rings is 1. The first-order valence-corrected chi connectivity index (χ1v) is 5.29. The molecule has 0 atom stereocenters. The van der Waals surface area contributed by atoms with E-state index in [1.807, 2.05) is 26.1 Å². The molecule has 0 radical (unpaired) electrons. The molecule has 0 saturated heterocycles. The van der Waals surface area contributed by atoms with Gasteiger partial charge in [0.05, 0.1) is 11.1 Å². The van der Waals surface area contributed by atoms with Crippen LogP contribution in [0.25, 0.3) is 0 Å². The van der Waals surface area contributed by atoms with E-state index in [-0.39, 0.29) is 5.54 Å². The van der Waals surface area contributed by atoms with Gasteiger partial charge in [0.15, 0.2) is 0 Å². The van der Waals surface area contributed by atoms with Gasteiger partial charge in [0.2, 0.25) is 0 Å². The van der Waals surface area contributed by atoms with Crippen molar-refractivity contribution < 1.29 is 22.9 Å². The third kappa shape index (κ3) is 4.34. The number of halogens is 4. The minimum absolute atomic E-state index is 0.0766. The van der Waals surface area contributed by atoms with E-state index in [2.05, 4.69) is 0 Å². The van der Waals surface area contributed by atoms with Crippen LogP contribution in [0.1, 0.15) is 31.9 Å². The summed E-state index contributed by atoms with van der Waals surface area (Å²) in [6.45, 7) is 6.27. The van der Waals surface area contributed by atoms with E-state index in [0.717, 1.165) is 12.1 Å². The topological polar surface area (TPSA) is 16.6 Å². The van der Waals surface area contributed by atoms with Gasteiger partial charge in [0, 0.05) is 5.56 Å². The van der Waals surface area contributed by atoms with Gasteiger partial charge in [-0.25, -0.2) is 4.39 Å². The molecule has 0 bridgehead atoms. The van der Waals surface area contributed by atoms with Gasteiger partial charge in [0.1, 0.15) is 12.4 Å². The zero-order valence-corrected chi connectivity index (χ0v) is 10.0. The smallest absolute Gasteiger partial charge is 0.338 e. The maximum absolute atomic E-state index is 13.0. The molecule has 0 saturated carbocycles. The Morgan fingerprint density at radius 1 is 1.12 bits per heavy atom. The summed E-state index contributed by atoms with van der Waals surface area (Å²) in [5, 5.41) is 1.90. The highest BCUT2D eigenvalue weighted by atomic mass is 19.4. The number of hydrogen-bond donors (Lipinski definition) is 1. The Morgan fingerprint density at radius 3 is 2.18 bits per heavy atom. The molecule has 1 nitrogen and oxygen atoms in total. The highest BCUT2D eigenvalue weighted by Gasteiger charge is 2.34. The molecule has 0 aliphatic rings. The van der Waals surface area contributed by atoms with Crippen molar-refractivity contribution in [1.82, 2.24) is 0 Å². The van der Waals surface area contributed by atoms with Gasteiger partial charge < -0.3 is 5.32 Å². The summed E-state index contributed by atoms with van der Waals surface area (Å²) in [5.41, 5.74) is -0.807. The van der Waals surface area contributed by atoms with Gasteiger partial charge in [0.25, 0.3) is 0 Å². The Labute approximate surface area is 97.8 Å². The highest BCUT2D eigenvalue weighted by molar-refractivity contribution is 5.26. The van der Waals surface area contributed by atoms with E-state index in [0.29, 0.717) is 12.1 Å². The molecular weight excluding hydrogens is 234 g/mol. The van der Waals surface area contributed by atoms with Crippen molar-refractivity contribution in [2.75, 3.05) is 0 Å². The summed E-state index contributed by atoms with van der Waals surface area (Å²) in [7, 11) is 0. The summed E-state index contributed by atoms with van der Waals surface area (Å²) < 4.78 is 50.4. The van der Waals surface area contributed by atoms with Crippen molar-refractivity contribution in [2.45, 2.75) is 39.0 Å². The average molecular weight is 250 g/mol. The molecule has 96 valence electrons. The molecule has 0 unspecified atom stereocenters. The van der Waals surface area contributed by atoms with Crippen LogP contribution in [0.5, 0.6) is 0 Å². The second-order valence-electron chi connectivity index (χ2n) is 5.09. The van der Waals surface area contributed by atoms with Gasteiger partial charge in [-0.05, 0) is 32.9 Å². The Kier molecular flexibility index (Phi) is 3.81. The highest BCUT2D eigenvalue weighted by Crippen LogP contribution is 2.31. The Morgan fingerprint density at radius 2 is 1.71 bits per heavy atom. The van der Waals surface area contributed by atoms with E-state index in [9.17, 15) is 17.6 Å². The molecule has 1 aromatic carbocycles. The molecular formula is C12H16F4N+. The van der Waals surface area contributed by atoms with Gasteiger partial charge >= 0.3 is 6.18 Å². The fourth-order valence-electron chi connectivity index (χ4n) is 1.34. The lowest BCUT2D eigenvalue weighted by molar-refractivity contribution is -0.731. The van der Waals surface area contributed by atoms with Crippen LogP contribution in [-0.4, -0.2) is 5.54 Å². The largest absolute Gasteiger partial charge is 0.419 e. The summed E-state index contributed by atoms with van der Waals surface area (Å²) in [6, 6.07) is 3.12. The minimum Gasteiger partial charge on any atom is -0.338 e. The van der Waals surface area contributed by atoms with Crippen LogP contribution in [-0.2, 0) is 12.7 Å². The summed E-state index contributed by atoms with van der Waals surface area (Å²) >= 11 is 0. The molecule has 1 rings (SSSR count). The number of quaternary nitrogens is 1. The first-order chi connectivity index (χ1) is 7.59. The number of hydrogen-bond acceptors (Lipinski definition) is 0. The monoisotopic (exact) mass is 250 g/mol. The molecule has 1 aromatic rings. The Bertz CT molecular complexity index is 390. The van der Waals surface area contributed by atoms with Crippen molar-refractivity contribution in [1.29, 1.82) is 0 Å². The second kappa shape index (κ2) is 4.64. The van der Waals surface area contributed by atoms with Gasteiger partial charge in [-0.2, -0.15) is 13.2 Å². The van der Waals surface area contributed by atoms with Crippen LogP contribution in [0.15, 0.2) is 18.2 Å². The van der Waals surface area contributed by atoms with Gasteiger partial charge in [-0.1, -0.05) is 6.07 Å². The van der Waals surface area contributed by atoms with Crippen LogP contribution < -0.4 is 5.32 Å². The SMILES string of the molecule is CC(C)(C)[NH2+]Cc1ccc(F)c(C(F)(F)F)c1. The number of alkyl halides is 3. The third-order valence-electron chi connectivity index (χ3n) is 2.29. The van der Waals surface area contributed by atoms with Crippen molar-refractivity contribution in [3.8, 4) is 0 Å². The van der Waals surface area contributed by atoms with E-state index in [4.69, 9.17) is 0 Å². The molecule has 0 fully saturated rings. The van der Waals surface area contributed by atoms with Gasteiger partial charge in [-0.15, -0.1) is 0 Å². The van der Waals surface area contributed by atoms with E-state index in [1.54, 1.807) is 0 Å². The first-order valence-electron chi connectivity index (χ1n) is 5.29. The quantitative estimate of drug-likeness (QED) is 0.777. The second-order valence-corrected chi connectivity index (χ2v) is 5.09. The van der Waals surface area contributed by atoms with E-state index in [1.165, 1.54) is 6.07 Å². The van der Waals surface area contributed by atoms with Gasteiger partial charge in [-0.3, -0.25) is 0 Å². The number of nitrogens with two attached hydrogens (primary N) is 1. The molecule has 0 aromatic heterocycles. The molecule has 5 heteroatoms. The van der Waals surface area contributed by atoms with Crippen molar-refractivity contribution in [2.24, 2.45) is 0 Å². The Balaban J connectivity index is 2.90. The Hall–Kier alpha value is -1.10. The van der Waals surface area contributed by atoms with Crippen LogP contribution in [0.3, 0.4) is 0 Å². The normalized spacial score (nSPS) is 12.9. The maximum Gasteiger partial charge on any atom is 0.419 e. The van der Waals surface area contributed by atoms with Crippen molar-refractivity contribution >= 4 is 0 Å². The summed E-state index contributed by atoms with van der Waals surface area (Å²) in [5.74, 6) is -1.22. The van der Waals surface area contributed by atoms with Crippen molar-refractivity contribution in [3.05, 3.63) is 35.1 Å². The summed E-state index contributed by atoms with van der Waals surface area (Å²) in [4.78, 5) is 0.